The quantitative estimate of drug-likeness (QED) is 0.872. The van der Waals surface area contributed by atoms with Crippen molar-refractivity contribution >= 4 is 6.02 Å². The first-order valence-corrected chi connectivity index (χ1v) is 9.17. The number of nitrogens with two attached hydrogens (primary N) is 1. The summed E-state index contributed by atoms with van der Waals surface area (Å²) in [5, 5.41) is 0. The normalized spacial score (nSPS) is 24.7. The van der Waals surface area contributed by atoms with Crippen LogP contribution in [0.1, 0.15) is 31.7 Å². The Morgan fingerprint density at radius 3 is 2.81 bits per heavy atom. The molecule has 0 amide bonds. The van der Waals surface area contributed by atoms with Gasteiger partial charge in [0.1, 0.15) is 30.3 Å². The first kappa shape index (κ1) is 17.7. The van der Waals surface area contributed by atoms with Crippen molar-refractivity contribution in [3.05, 3.63) is 42.5 Å². The Morgan fingerprint density at radius 2 is 2.11 bits per heavy atom. The molecule has 7 heteroatoms. The molecule has 0 fully saturated rings. The second-order valence-electron chi connectivity index (χ2n) is 7.18. The molecule has 2 aliphatic heterocycles. The van der Waals surface area contributed by atoms with Gasteiger partial charge in [-0.1, -0.05) is 6.07 Å². The van der Waals surface area contributed by atoms with E-state index in [0.29, 0.717) is 6.61 Å². The van der Waals surface area contributed by atoms with E-state index in [4.69, 9.17) is 19.9 Å². The molecule has 0 saturated heterocycles. The van der Waals surface area contributed by atoms with Crippen LogP contribution in [0.5, 0.6) is 5.75 Å². The van der Waals surface area contributed by atoms with Gasteiger partial charge in [0, 0.05) is 37.1 Å². The number of nitrogens with zero attached hydrogens (tertiary/aromatic N) is 3. The van der Waals surface area contributed by atoms with Crippen LogP contribution in [0.4, 0.5) is 0 Å². The molecule has 2 N–H and O–H groups in total. The SMILES string of the molecule is COC(C)CCC1CC2(COC(N)=N2)c2cc(-c3cncnc3)ccc2O1. The van der Waals surface area contributed by atoms with Gasteiger partial charge in [0.05, 0.1) is 6.10 Å². The third kappa shape index (κ3) is 3.47. The summed E-state index contributed by atoms with van der Waals surface area (Å²) in [5.41, 5.74) is 8.34. The Morgan fingerprint density at radius 1 is 1.30 bits per heavy atom. The third-order valence-electron chi connectivity index (χ3n) is 5.31. The number of benzene rings is 1. The van der Waals surface area contributed by atoms with Crippen LogP contribution in [0.3, 0.4) is 0 Å². The Hall–Kier alpha value is -2.67. The van der Waals surface area contributed by atoms with E-state index in [1.807, 2.05) is 12.1 Å². The van der Waals surface area contributed by atoms with Crippen LogP contribution in [0.2, 0.25) is 0 Å². The molecule has 2 aliphatic rings. The molecule has 1 aromatic heterocycles. The topological polar surface area (TPSA) is 91.9 Å². The molecule has 1 aromatic carbocycles. The molecular formula is C20H24N4O3. The minimum absolute atomic E-state index is 0.0410. The average molecular weight is 368 g/mol. The lowest BCUT2D eigenvalue weighted by molar-refractivity contribution is 0.0670. The number of amidine groups is 1. The van der Waals surface area contributed by atoms with Crippen molar-refractivity contribution in [2.75, 3.05) is 13.7 Å². The van der Waals surface area contributed by atoms with Gasteiger partial charge in [-0.25, -0.2) is 15.0 Å². The average Bonchev–Trinajstić information content (AvgIpc) is 3.07. The highest BCUT2D eigenvalue weighted by atomic mass is 16.5. The Kier molecular flexibility index (Phi) is 4.70. The van der Waals surface area contributed by atoms with Gasteiger partial charge >= 0.3 is 0 Å². The van der Waals surface area contributed by atoms with E-state index < -0.39 is 5.54 Å². The van der Waals surface area contributed by atoms with Gasteiger partial charge in [-0.2, -0.15) is 0 Å². The van der Waals surface area contributed by atoms with Crippen molar-refractivity contribution < 1.29 is 14.2 Å². The molecule has 3 unspecified atom stereocenters. The number of hydrogen-bond acceptors (Lipinski definition) is 7. The summed E-state index contributed by atoms with van der Waals surface area (Å²) in [6, 6.07) is 6.34. The van der Waals surface area contributed by atoms with E-state index in [-0.39, 0.29) is 18.2 Å². The standard InChI is InChI=1S/C20H24N4O3/c1-13(25-2)3-5-16-8-20(11-26-19(21)24-20)17-7-14(4-6-18(17)27-16)15-9-22-12-23-10-15/h4,6-7,9-10,12-13,16H,3,5,8,11H2,1-2H3,(H2,21,24). The van der Waals surface area contributed by atoms with Crippen molar-refractivity contribution in [1.82, 2.24) is 9.97 Å². The molecule has 2 aromatic rings. The van der Waals surface area contributed by atoms with Gasteiger partial charge < -0.3 is 19.9 Å². The van der Waals surface area contributed by atoms with Crippen LogP contribution in [-0.2, 0) is 15.0 Å². The number of aromatic nitrogens is 2. The lowest BCUT2D eigenvalue weighted by atomic mass is 9.81. The van der Waals surface area contributed by atoms with E-state index in [0.717, 1.165) is 41.7 Å². The zero-order valence-electron chi connectivity index (χ0n) is 15.6. The molecule has 7 nitrogen and oxygen atoms in total. The van der Waals surface area contributed by atoms with Gasteiger partial charge in [-0.05, 0) is 37.5 Å². The van der Waals surface area contributed by atoms with E-state index in [2.05, 4.69) is 28.0 Å². The second kappa shape index (κ2) is 7.15. The molecule has 0 saturated carbocycles. The third-order valence-corrected chi connectivity index (χ3v) is 5.31. The lowest BCUT2D eigenvalue weighted by Gasteiger charge is -2.37. The van der Waals surface area contributed by atoms with Crippen molar-refractivity contribution in [2.24, 2.45) is 10.7 Å². The summed E-state index contributed by atoms with van der Waals surface area (Å²) in [4.78, 5) is 12.9. The van der Waals surface area contributed by atoms with Gasteiger partial charge in [-0.3, -0.25) is 0 Å². The summed E-state index contributed by atoms with van der Waals surface area (Å²) >= 11 is 0. The molecule has 1 spiro atoms. The summed E-state index contributed by atoms with van der Waals surface area (Å²) in [5.74, 6) is 0.832. The molecule has 0 bridgehead atoms. The van der Waals surface area contributed by atoms with Gasteiger partial charge in [0.2, 0.25) is 0 Å². The molecular weight excluding hydrogens is 344 g/mol. The van der Waals surface area contributed by atoms with Crippen LogP contribution < -0.4 is 10.5 Å². The predicted molar refractivity (Wildman–Crippen MR) is 101 cm³/mol. The molecule has 142 valence electrons. The molecule has 3 heterocycles. The zero-order valence-corrected chi connectivity index (χ0v) is 15.6. The Balaban J connectivity index is 1.68. The van der Waals surface area contributed by atoms with Gasteiger partial charge in [0.25, 0.3) is 6.02 Å². The fraction of sp³-hybridized carbons (Fsp3) is 0.450. The first-order chi connectivity index (χ1) is 13.1. The maximum absolute atomic E-state index is 6.29. The second-order valence-corrected chi connectivity index (χ2v) is 7.18. The molecule has 0 aliphatic carbocycles. The largest absolute Gasteiger partial charge is 0.490 e. The number of rotatable bonds is 5. The van der Waals surface area contributed by atoms with E-state index in [1.54, 1.807) is 19.5 Å². The number of methoxy groups -OCH3 is 1. The fourth-order valence-electron chi connectivity index (χ4n) is 3.74. The van der Waals surface area contributed by atoms with E-state index in [9.17, 15) is 0 Å². The van der Waals surface area contributed by atoms with Crippen molar-refractivity contribution in [3.8, 4) is 16.9 Å². The summed E-state index contributed by atoms with van der Waals surface area (Å²) in [6.07, 6.45) is 7.89. The maximum atomic E-state index is 6.29. The van der Waals surface area contributed by atoms with E-state index in [1.165, 1.54) is 6.33 Å². The smallest absolute Gasteiger partial charge is 0.283 e. The molecule has 27 heavy (non-hydrogen) atoms. The Bertz CT molecular complexity index is 842. The monoisotopic (exact) mass is 368 g/mol. The van der Waals surface area contributed by atoms with Gasteiger partial charge in [0.15, 0.2) is 0 Å². The number of ether oxygens (including phenoxy) is 3. The highest BCUT2D eigenvalue weighted by molar-refractivity contribution is 5.75. The van der Waals surface area contributed by atoms with Crippen molar-refractivity contribution in [3.63, 3.8) is 0 Å². The first-order valence-electron chi connectivity index (χ1n) is 9.17. The van der Waals surface area contributed by atoms with E-state index >= 15 is 0 Å². The lowest BCUT2D eigenvalue weighted by Crippen LogP contribution is -2.38. The molecule has 3 atom stereocenters. The summed E-state index contributed by atoms with van der Waals surface area (Å²) in [6.45, 7) is 2.50. The van der Waals surface area contributed by atoms with Crippen molar-refractivity contribution in [2.45, 2.75) is 43.9 Å². The van der Waals surface area contributed by atoms with Crippen LogP contribution >= 0.6 is 0 Å². The maximum Gasteiger partial charge on any atom is 0.283 e. The van der Waals surface area contributed by atoms with Crippen LogP contribution in [0.25, 0.3) is 11.1 Å². The van der Waals surface area contributed by atoms with Crippen molar-refractivity contribution in [1.29, 1.82) is 0 Å². The highest BCUT2D eigenvalue weighted by Gasteiger charge is 2.46. The highest BCUT2D eigenvalue weighted by Crippen LogP contribution is 2.46. The Labute approximate surface area is 158 Å². The minimum atomic E-state index is -0.510. The van der Waals surface area contributed by atoms with Crippen LogP contribution in [0, 0.1) is 0 Å². The predicted octanol–water partition coefficient (Wildman–Crippen LogP) is 2.65. The van der Waals surface area contributed by atoms with Crippen LogP contribution in [0.15, 0.2) is 41.9 Å². The fourth-order valence-corrected chi connectivity index (χ4v) is 3.74. The van der Waals surface area contributed by atoms with Crippen LogP contribution in [-0.4, -0.2) is 41.9 Å². The number of aliphatic imine (C=N–C) groups is 1. The minimum Gasteiger partial charge on any atom is -0.490 e. The summed E-state index contributed by atoms with van der Waals surface area (Å²) in [7, 11) is 1.73. The van der Waals surface area contributed by atoms with Gasteiger partial charge in [-0.15, -0.1) is 0 Å². The zero-order chi connectivity index (χ0) is 18.9. The number of hydrogen-bond donors (Lipinski definition) is 1. The number of fused-ring (bicyclic) bond motifs is 2. The summed E-state index contributed by atoms with van der Waals surface area (Å²) < 4.78 is 17.2. The molecule has 0 radical (unpaired) electrons. The molecule has 4 rings (SSSR count).